The van der Waals surface area contributed by atoms with Crippen LogP contribution in [0.4, 0.5) is 5.69 Å². The first-order chi connectivity index (χ1) is 12.6. The predicted octanol–water partition coefficient (Wildman–Crippen LogP) is 1.76. The van der Waals surface area contributed by atoms with Gasteiger partial charge in [-0.25, -0.2) is 5.84 Å². The SMILES string of the molecule is CN1CCN(c2ccc(CCc3ccc(CC(=O)NN)cc3)cc2)CC1. The zero-order chi connectivity index (χ0) is 18.4. The van der Waals surface area contributed by atoms with Crippen molar-refractivity contribution in [3.8, 4) is 0 Å². The van der Waals surface area contributed by atoms with E-state index in [1.54, 1.807) is 0 Å². The number of hydrogen-bond donors (Lipinski definition) is 2. The Morgan fingerprint density at radius 3 is 1.92 bits per heavy atom. The lowest BCUT2D eigenvalue weighted by molar-refractivity contribution is -0.120. The molecular formula is C21H28N4O. The topological polar surface area (TPSA) is 61.6 Å². The van der Waals surface area contributed by atoms with Gasteiger partial charge in [0.25, 0.3) is 0 Å². The molecule has 5 heteroatoms. The van der Waals surface area contributed by atoms with Crippen molar-refractivity contribution in [2.45, 2.75) is 19.3 Å². The van der Waals surface area contributed by atoms with E-state index in [1.165, 1.54) is 16.8 Å². The minimum atomic E-state index is -0.168. The lowest BCUT2D eigenvalue weighted by Gasteiger charge is -2.34. The molecule has 0 aromatic heterocycles. The summed E-state index contributed by atoms with van der Waals surface area (Å²) in [5, 5.41) is 0. The number of aryl methyl sites for hydroxylation is 2. The van der Waals surface area contributed by atoms with Gasteiger partial charge in [0.15, 0.2) is 0 Å². The van der Waals surface area contributed by atoms with E-state index in [0.717, 1.165) is 44.6 Å². The highest BCUT2D eigenvalue weighted by atomic mass is 16.2. The molecule has 5 nitrogen and oxygen atoms in total. The summed E-state index contributed by atoms with van der Waals surface area (Å²) in [6.45, 7) is 4.46. The number of piperazine rings is 1. The van der Waals surface area contributed by atoms with E-state index in [4.69, 9.17) is 5.84 Å². The molecule has 138 valence electrons. The molecule has 3 rings (SSSR count). The second-order valence-electron chi connectivity index (χ2n) is 7.02. The van der Waals surface area contributed by atoms with E-state index in [-0.39, 0.29) is 5.91 Å². The average Bonchev–Trinajstić information content (AvgIpc) is 2.68. The van der Waals surface area contributed by atoms with E-state index >= 15 is 0 Å². The molecule has 0 bridgehead atoms. The Hall–Kier alpha value is -2.37. The molecule has 2 aromatic carbocycles. The van der Waals surface area contributed by atoms with Crippen LogP contribution in [0, 0.1) is 0 Å². The van der Waals surface area contributed by atoms with Gasteiger partial charge in [0, 0.05) is 31.9 Å². The van der Waals surface area contributed by atoms with Gasteiger partial charge in [-0.1, -0.05) is 36.4 Å². The first-order valence-corrected chi connectivity index (χ1v) is 9.24. The molecule has 1 amide bonds. The van der Waals surface area contributed by atoms with Crippen LogP contribution in [0.15, 0.2) is 48.5 Å². The molecule has 0 atom stereocenters. The Balaban J connectivity index is 1.51. The van der Waals surface area contributed by atoms with Gasteiger partial charge in [0.05, 0.1) is 6.42 Å². The van der Waals surface area contributed by atoms with E-state index in [9.17, 15) is 4.79 Å². The Bertz CT molecular complexity index is 704. The van der Waals surface area contributed by atoms with Crippen LogP contribution >= 0.6 is 0 Å². The predicted molar refractivity (Wildman–Crippen MR) is 106 cm³/mol. The Kier molecular flexibility index (Phi) is 6.26. The normalized spacial score (nSPS) is 15.1. The molecule has 3 N–H and O–H groups in total. The first-order valence-electron chi connectivity index (χ1n) is 9.24. The third-order valence-corrected chi connectivity index (χ3v) is 5.06. The Morgan fingerprint density at radius 2 is 1.38 bits per heavy atom. The minimum Gasteiger partial charge on any atom is -0.369 e. The van der Waals surface area contributed by atoms with E-state index in [2.05, 4.69) is 58.7 Å². The van der Waals surface area contributed by atoms with Crippen molar-refractivity contribution in [1.82, 2.24) is 10.3 Å². The zero-order valence-electron chi connectivity index (χ0n) is 15.4. The molecule has 1 heterocycles. The summed E-state index contributed by atoms with van der Waals surface area (Å²) in [5.41, 5.74) is 7.10. The molecule has 0 spiro atoms. The van der Waals surface area contributed by atoms with Crippen LogP contribution in [0.1, 0.15) is 16.7 Å². The first kappa shape index (κ1) is 18.4. The summed E-state index contributed by atoms with van der Waals surface area (Å²) >= 11 is 0. The highest BCUT2D eigenvalue weighted by molar-refractivity contribution is 5.77. The molecule has 2 aromatic rings. The fraction of sp³-hybridized carbons (Fsp3) is 0.381. The number of nitrogens with one attached hydrogen (secondary N) is 1. The number of nitrogens with two attached hydrogens (primary N) is 1. The second kappa shape index (κ2) is 8.83. The van der Waals surface area contributed by atoms with Crippen molar-refractivity contribution < 1.29 is 4.79 Å². The van der Waals surface area contributed by atoms with E-state index in [1.807, 2.05) is 12.1 Å². The number of carbonyl (C=O) groups excluding carboxylic acids is 1. The number of rotatable bonds is 6. The maximum atomic E-state index is 11.3. The fourth-order valence-electron chi connectivity index (χ4n) is 3.29. The van der Waals surface area contributed by atoms with Crippen molar-refractivity contribution in [3.63, 3.8) is 0 Å². The molecule has 1 aliphatic rings. The third kappa shape index (κ3) is 5.07. The van der Waals surface area contributed by atoms with Gasteiger partial charge in [-0.05, 0) is 48.7 Å². The minimum absolute atomic E-state index is 0.168. The van der Waals surface area contributed by atoms with Crippen molar-refractivity contribution in [2.75, 3.05) is 38.1 Å². The highest BCUT2D eigenvalue weighted by Gasteiger charge is 2.13. The maximum absolute atomic E-state index is 11.3. The summed E-state index contributed by atoms with van der Waals surface area (Å²) in [6.07, 6.45) is 2.34. The average molecular weight is 352 g/mol. The standard InChI is InChI=1S/C21H28N4O/c1-24-12-14-25(15-13-24)20-10-8-18(9-11-20)3-2-17-4-6-19(7-5-17)16-21(26)23-22/h4-11H,2-3,12-16,22H2,1H3,(H,23,26). The number of benzene rings is 2. The number of carbonyl (C=O) groups is 1. The molecule has 1 aliphatic heterocycles. The van der Waals surface area contributed by atoms with Gasteiger partial charge in [0.2, 0.25) is 5.91 Å². The van der Waals surface area contributed by atoms with Gasteiger partial charge in [-0.2, -0.15) is 0 Å². The molecule has 0 unspecified atom stereocenters. The Labute approximate surface area is 155 Å². The zero-order valence-corrected chi connectivity index (χ0v) is 15.4. The van der Waals surface area contributed by atoms with Crippen molar-refractivity contribution in [3.05, 3.63) is 65.2 Å². The van der Waals surface area contributed by atoms with Crippen LogP contribution in [-0.4, -0.2) is 44.0 Å². The van der Waals surface area contributed by atoms with E-state index < -0.39 is 0 Å². The van der Waals surface area contributed by atoms with Crippen molar-refractivity contribution >= 4 is 11.6 Å². The summed E-state index contributed by atoms with van der Waals surface area (Å²) in [6, 6.07) is 17.2. The molecule has 1 fully saturated rings. The lowest BCUT2D eigenvalue weighted by atomic mass is 10.0. The summed E-state index contributed by atoms with van der Waals surface area (Å²) in [5.74, 6) is 4.95. The van der Waals surface area contributed by atoms with Crippen LogP contribution in [0.3, 0.4) is 0 Å². The molecule has 26 heavy (non-hydrogen) atoms. The quantitative estimate of drug-likeness (QED) is 0.472. The summed E-state index contributed by atoms with van der Waals surface area (Å²) in [7, 11) is 2.18. The lowest BCUT2D eigenvalue weighted by Crippen LogP contribution is -2.44. The number of nitrogens with zero attached hydrogens (tertiary/aromatic N) is 2. The second-order valence-corrected chi connectivity index (χ2v) is 7.02. The Morgan fingerprint density at radius 1 is 0.885 bits per heavy atom. The molecule has 0 saturated carbocycles. The number of hydrogen-bond acceptors (Lipinski definition) is 4. The molecule has 0 aliphatic carbocycles. The van der Waals surface area contributed by atoms with Gasteiger partial charge in [0.1, 0.15) is 0 Å². The smallest absolute Gasteiger partial charge is 0.238 e. The van der Waals surface area contributed by atoms with Gasteiger partial charge in [-0.3, -0.25) is 10.2 Å². The van der Waals surface area contributed by atoms with E-state index in [0.29, 0.717) is 6.42 Å². The van der Waals surface area contributed by atoms with Crippen LogP contribution in [0.5, 0.6) is 0 Å². The fourth-order valence-corrected chi connectivity index (χ4v) is 3.29. The number of amides is 1. The summed E-state index contributed by atoms with van der Waals surface area (Å²) in [4.78, 5) is 16.1. The van der Waals surface area contributed by atoms with Crippen molar-refractivity contribution in [1.29, 1.82) is 0 Å². The van der Waals surface area contributed by atoms with Gasteiger partial charge >= 0.3 is 0 Å². The maximum Gasteiger partial charge on any atom is 0.238 e. The van der Waals surface area contributed by atoms with Crippen LogP contribution in [0.25, 0.3) is 0 Å². The molecule has 0 radical (unpaired) electrons. The van der Waals surface area contributed by atoms with Crippen LogP contribution in [0.2, 0.25) is 0 Å². The number of likely N-dealkylation sites (N-methyl/N-ethyl adjacent to an activating group) is 1. The summed E-state index contributed by atoms with van der Waals surface area (Å²) < 4.78 is 0. The van der Waals surface area contributed by atoms with Gasteiger partial charge in [-0.15, -0.1) is 0 Å². The largest absolute Gasteiger partial charge is 0.369 e. The monoisotopic (exact) mass is 352 g/mol. The number of hydrazine groups is 1. The molecule has 1 saturated heterocycles. The van der Waals surface area contributed by atoms with Gasteiger partial charge < -0.3 is 9.80 Å². The number of anilines is 1. The highest BCUT2D eigenvalue weighted by Crippen LogP contribution is 2.18. The van der Waals surface area contributed by atoms with Crippen LogP contribution < -0.4 is 16.2 Å². The third-order valence-electron chi connectivity index (χ3n) is 5.06. The van der Waals surface area contributed by atoms with Crippen molar-refractivity contribution in [2.24, 2.45) is 5.84 Å². The molecular weight excluding hydrogens is 324 g/mol. The van der Waals surface area contributed by atoms with Crippen LogP contribution in [-0.2, 0) is 24.1 Å².